The van der Waals surface area contributed by atoms with Crippen LogP contribution in [-0.4, -0.2) is 19.4 Å². The van der Waals surface area contributed by atoms with Gasteiger partial charge in [-0.3, -0.25) is 4.99 Å². The van der Waals surface area contributed by atoms with Crippen LogP contribution in [0.3, 0.4) is 0 Å². The molecule has 35 heavy (non-hydrogen) atoms. The average Bonchev–Trinajstić information content (AvgIpc) is 3.38. The smallest absolute Gasteiger partial charge is 0.174 e. The number of para-hydroxylation sites is 1. The van der Waals surface area contributed by atoms with Gasteiger partial charge >= 0.3 is 0 Å². The standard InChI is InChI=1S/C30H31IN2O2/c1-3-16-35-30-26(31)17-20(18-28(30)34-4-2)19-32-22-14-12-21(13-15-22)29-25-10-7-9-23(25)24-8-5-6-11-27(24)33-29/h5-9,11-15,17-19,23,25,29,33H,3-4,10,16H2,1-2H3/t23-,25-,29+/m1/s1. The predicted octanol–water partition coefficient (Wildman–Crippen LogP) is 8.06. The van der Waals surface area contributed by atoms with Gasteiger partial charge in [-0.25, -0.2) is 0 Å². The van der Waals surface area contributed by atoms with Gasteiger partial charge in [-0.15, -0.1) is 0 Å². The van der Waals surface area contributed by atoms with Gasteiger partial charge in [-0.2, -0.15) is 0 Å². The summed E-state index contributed by atoms with van der Waals surface area (Å²) in [5.74, 6) is 2.62. The van der Waals surface area contributed by atoms with Crippen LogP contribution in [-0.2, 0) is 0 Å². The first-order valence-corrected chi connectivity index (χ1v) is 13.5. The van der Waals surface area contributed by atoms with Crippen molar-refractivity contribution in [3.63, 3.8) is 0 Å². The average molecular weight is 578 g/mol. The fourth-order valence-corrected chi connectivity index (χ4v) is 5.84. The number of hydrogen-bond donors (Lipinski definition) is 1. The van der Waals surface area contributed by atoms with E-state index in [9.17, 15) is 0 Å². The zero-order chi connectivity index (χ0) is 24.2. The molecular formula is C30H31IN2O2. The van der Waals surface area contributed by atoms with Crippen molar-refractivity contribution in [3.8, 4) is 11.5 Å². The van der Waals surface area contributed by atoms with Crippen molar-refractivity contribution in [2.24, 2.45) is 10.9 Å². The van der Waals surface area contributed by atoms with Crippen molar-refractivity contribution in [1.29, 1.82) is 0 Å². The van der Waals surface area contributed by atoms with E-state index in [1.807, 2.05) is 19.2 Å². The third kappa shape index (κ3) is 5.10. The van der Waals surface area contributed by atoms with Gasteiger partial charge in [0.25, 0.3) is 0 Å². The van der Waals surface area contributed by atoms with Crippen LogP contribution in [0.15, 0.2) is 77.8 Å². The van der Waals surface area contributed by atoms with Crippen LogP contribution < -0.4 is 14.8 Å². The minimum Gasteiger partial charge on any atom is -0.490 e. The monoisotopic (exact) mass is 578 g/mol. The highest BCUT2D eigenvalue weighted by Crippen LogP contribution is 2.49. The van der Waals surface area contributed by atoms with Gasteiger partial charge < -0.3 is 14.8 Å². The van der Waals surface area contributed by atoms with Crippen molar-refractivity contribution in [1.82, 2.24) is 0 Å². The molecule has 0 spiro atoms. The van der Waals surface area contributed by atoms with Gasteiger partial charge in [0.15, 0.2) is 11.5 Å². The lowest BCUT2D eigenvalue weighted by Crippen LogP contribution is -2.28. The van der Waals surface area contributed by atoms with Gasteiger partial charge in [0.2, 0.25) is 0 Å². The molecule has 3 aromatic rings. The van der Waals surface area contributed by atoms with Gasteiger partial charge in [0, 0.05) is 17.8 Å². The Balaban J connectivity index is 1.34. The summed E-state index contributed by atoms with van der Waals surface area (Å²) in [6.45, 7) is 5.36. The van der Waals surface area contributed by atoms with Crippen LogP contribution >= 0.6 is 22.6 Å². The second kappa shape index (κ2) is 10.9. The lowest BCUT2D eigenvalue weighted by Gasteiger charge is -2.37. The Morgan fingerprint density at radius 1 is 1.06 bits per heavy atom. The Morgan fingerprint density at radius 3 is 2.69 bits per heavy atom. The van der Waals surface area contributed by atoms with Gasteiger partial charge in [0.05, 0.1) is 28.5 Å². The molecular weight excluding hydrogens is 547 g/mol. The van der Waals surface area contributed by atoms with Crippen molar-refractivity contribution in [2.75, 3.05) is 18.5 Å². The number of ether oxygens (including phenoxy) is 2. The number of benzene rings is 3. The molecule has 1 aliphatic heterocycles. The number of fused-ring (bicyclic) bond motifs is 3. The van der Waals surface area contributed by atoms with Crippen LogP contribution in [0.2, 0.25) is 0 Å². The Kier molecular flexibility index (Phi) is 7.42. The fraction of sp³-hybridized carbons (Fsp3) is 0.300. The zero-order valence-electron chi connectivity index (χ0n) is 20.2. The Morgan fingerprint density at radius 2 is 1.89 bits per heavy atom. The number of hydrogen-bond acceptors (Lipinski definition) is 4. The fourth-order valence-electron chi connectivity index (χ4n) is 5.06. The molecule has 5 heteroatoms. The summed E-state index contributed by atoms with van der Waals surface area (Å²) in [5, 5.41) is 3.80. The molecule has 4 nitrogen and oxygen atoms in total. The maximum atomic E-state index is 5.92. The molecule has 0 saturated heterocycles. The minimum absolute atomic E-state index is 0.300. The number of rotatable bonds is 8. The lowest BCUT2D eigenvalue weighted by molar-refractivity contribution is 0.275. The first-order chi connectivity index (χ1) is 17.2. The molecule has 1 heterocycles. The number of nitrogens with one attached hydrogen (secondary N) is 1. The SMILES string of the molecule is CCCOc1c(I)cc(C=Nc2ccc([C@@H]3Nc4ccccc4[C@H]4C=CC[C@H]43)cc2)cc1OCC. The minimum atomic E-state index is 0.300. The zero-order valence-corrected chi connectivity index (χ0v) is 22.4. The molecule has 0 amide bonds. The molecule has 1 N–H and O–H groups in total. The number of anilines is 1. The van der Waals surface area contributed by atoms with E-state index >= 15 is 0 Å². The number of nitrogens with zero attached hydrogens (tertiary/aromatic N) is 1. The topological polar surface area (TPSA) is 42.8 Å². The van der Waals surface area contributed by atoms with E-state index < -0.39 is 0 Å². The molecule has 3 aromatic carbocycles. The summed E-state index contributed by atoms with van der Waals surface area (Å²) in [4.78, 5) is 4.74. The second-order valence-electron chi connectivity index (χ2n) is 9.02. The van der Waals surface area contributed by atoms with Crippen LogP contribution in [0.1, 0.15) is 55.3 Å². The van der Waals surface area contributed by atoms with Crippen molar-refractivity contribution in [2.45, 2.75) is 38.6 Å². The third-order valence-electron chi connectivity index (χ3n) is 6.67. The van der Waals surface area contributed by atoms with E-state index in [-0.39, 0.29) is 0 Å². The number of halogens is 1. The quantitative estimate of drug-likeness (QED) is 0.167. The molecule has 1 aliphatic carbocycles. The molecule has 5 rings (SSSR count). The molecule has 0 bridgehead atoms. The summed E-state index contributed by atoms with van der Waals surface area (Å²) in [6.07, 6.45) is 8.68. The molecule has 0 radical (unpaired) electrons. The normalized spacial score (nSPS) is 20.4. The highest BCUT2D eigenvalue weighted by atomic mass is 127. The largest absolute Gasteiger partial charge is 0.490 e. The van der Waals surface area contributed by atoms with Crippen LogP contribution in [0, 0.1) is 9.49 Å². The maximum absolute atomic E-state index is 5.92. The van der Waals surface area contributed by atoms with Gasteiger partial charge in [0.1, 0.15) is 0 Å². The molecule has 3 atom stereocenters. The highest BCUT2D eigenvalue weighted by Gasteiger charge is 2.37. The lowest BCUT2D eigenvalue weighted by atomic mass is 9.77. The summed E-state index contributed by atoms with van der Waals surface area (Å²) in [6, 6.07) is 21.7. The first kappa shape index (κ1) is 23.9. The molecule has 0 aromatic heterocycles. The molecule has 0 saturated carbocycles. The number of allylic oxidation sites excluding steroid dienone is 2. The van der Waals surface area contributed by atoms with Crippen molar-refractivity contribution >= 4 is 40.2 Å². The Labute approximate surface area is 221 Å². The number of aliphatic imine (C=N–C) groups is 1. The van der Waals surface area contributed by atoms with E-state index in [1.54, 1.807) is 0 Å². The van der Waals surface area contributed by atoms with Crippen LogP contribution in [0.25, 0.3) is 0 Å². The van der Waals surface area contributed by atoms with E-state index in [1.165, 1.54) is 16.8 Å². The molecule has 180 valence electrons. The Hall–Kier alpha value is -2.80. The predicted molar refractivity (Wildman–Crippen MR) is 153 cm³/mol. The summed E-state index contributed by atoms with van der Waals surface area (Å²) < 4.78 is 12.8. The Bertz CT molecular complexity index is 1240. The van der Waals surface area contributed by atoms with Gasteiger partial charge in [-0.05, 0) is 95.3 Å². The van der Waals surface area contributed by atoms with Gasteiger partial charge in [-0.1, -0.05) is 49.4 Å². The highest BCUT2D eigenvalue weighted by molar-refractivity contribution is 14.1. The maximum Gasteiger partial charge on any atom is 0.174 e. The van der Waals surface area contributed by atoms with E-state index in [0.717, 1.165) is 39.2 Å². The summed E-state index contributed by atoms with van der Waals surface area (Å²) in [5.41, 5.74) is 5.90. The van der Waals surface area contributed by atoms with E-state index in [2.05, 4.69) is 102 Å². The summed E-state index contributed by atoms with van der Waals surface area (Å²) >= 11 is 2.31. The first-order valence-electron chi connectivity index (χ1n) is 12.4. The second-order valence-corrected chi connectivity index (χ2v) is 10.2. The van der Waals surface area contributed by atoms with Crippen molar-refractivity contribution in [3.05, 3.63) is 93.1 Å². The van der Waals surface area contributed by atoms with Crippen LogP contribution in [0.5, 0.6) is 11.5 Å². The molecule has 0 unspecified atom stereocenters. The van der Waals surface area contributed by atoms with Crippen molar-refractivity contribution < 1.29 is 9.47 Å². The molecule has 0 fully saturated rings. The third-order valence-corrected chi connectivity index (χ3v) is 7.47. The van der Waals surface area contributed by atoms with E-state index in [0.29, 0.717) is 31.1 Å². The molecule has 2 aliphatic rings. The van der Waals surface area contributed by atoms with Crippen LogP contribution in [0.4, 0.5) is 11.4 Å². The van der Waals surface area contributed by atoms with E-state index in [4.69, 9.17) is 14.5 Å². The summed E-state index contributed by atoms with van der Waals surface area (Å²) in [7, 11) is 0.